The monoisotopic (exact) mass is 381 g/mol. The van der Waals surface area contributed by atoms with Gasteiger partial charge in [-0.05, 0) is 40.8 Å². The van der Waals surface area contributed by atoms with Crippen molar-refractivity contribution in [2.75, 3.05) is 0 Å². The first kappa shape index (κ1) is 16.8. The molecule has 4 aromatic rings. The third-order valence-corrected chi connectivity index (χ3v) is 6.76. The lowest BCUT2D eigenvalue weighted by Crippen LogP contribution is -2.36. The summed E-state index contributed by atoms with van der Waals surface area (Å²) in [5.74, 6) is 0.901. The molecule has 2 aromatic heterocycles. The molecule has 144 valence electrons. The van der Waals surface area contributed by atoms with E-state index in [1.807, 2.05) is 10.6 Å². The van der Waals surface area contributed by atoms with Crippen LogP contribution in [0.2, 0.25) is 0 Å². The lowest BCUT2D eigenvalue weighted by Gasteiger charge is -2.42. The fourth-order valence-electron chi connectivity index (χ4n) is 5.44. The van der Waals surface area contributed by atoms with E-state index < -0.39 is 0 Å². The smallest absolute Gasteiger partial charge is 0.187 e. The van der Waals surface area contributed by atoms with Gasteiger partial charge in [0.1, 0.15) is 5.82 Å². The molecule has 0 unspecified atom stereocenters. The van der Waals surface area contributed by atoms with Gasteiger partial charge in [0, 0.05) is 23.0 Å². The van der Waals surface area contributed by atoms with Crippen LogP contribution in [-0.4, -0.2) is 25.0 Å². The number of benzene rings is 2. The van der Waals surface area contributed by atoms with Gasteiger partial charge in [-0.2, -0.15) is 4.52 Å². The predicted molar refractivity (Wildman–Crippen MR) is 112 cm³/mol. The molecule has 1 spiro atoms. The zero-order valence-electron chi connectivity index (χ0n) is 16.4. The fraction of sp³-hybridized carbons (Fsp3) is 0.333. The average molecular weight is 381 g/mol. The zero-order valence-corrected chi connectivity index (χ0v) is 16.4. The zero-order chi connectivity index (χ0) is 19.3. The van der Waals surface area contributed by atoms with E-state index in [-0.39, 0.29) is 5.41 Å². The standard InChI is InChI=1S/C24H23N5/c1-3-9-17(10-4-1)15-20-25-22-19-12-6-5-11-18(19)16-24(13-7-2-8-14-24)21(22)23-26-27-28-29(20)23/h1,3-6,9-12H,2,7-8,13-16H2. The van der Waals surface area contributed by atoms with Crippen LogP contribution in [0.5, 0.6) is 0 Å². The number of hydrogen-bond donors (Lipinski definition) is 0. The Morgan fingerprint density at radius 2 is 1.69 bits per heavy atom. The van der Waals surface area contributed by atoms with Gasteiger partial charge in [0.2, 0.25) is 0 Å². The first-order valence-electron chi connectivity index (χ1n) is 10.6. The molecule has 29 heavy (non-hydrogen) atoms. The van der Waals surface area contributed by atoms with Gasteiger partial charge in [0.15, 0.2) is 5.65 Å². The van der Waals surface area contributed by atoms with Crippen LogP contribution in [0.3, 0.4) is 0 Å². The fourth-order valence-corrected chi connectivity index (χ4v) is 5.44. The summed E-state index contributed by atoms with van der Waals surface area (Å²) in [6, 6.07) is 19.2. The quantitative estimate of drug-likeness (QED) is 0.512. The largest absolute Gasteiger partial charge is 0.232 e. The highest BCUT2D eigenvalue weighted by Crippen LogP contribution is 2.51. The van der Waals surface area contributed by atoms with Crippen molar-refractivity contribution in [3.8, 4) is 11.3 Å². The summed E-state index contributed by atoms with van der Waals surface area (Å²) >= 11 is 0. The molecular formula is C24H23N5. The minimum atomic E-state index is 0.107. The molecule has 2 aliphatic carbocycles. The number of rotatable bonds is 2. The van der Waals surface area contributed by atoms with Crippen molar-refractivity contribution in [3.05, 3.63) is 77.1 Å². The van der Waals surface area contributed by atoms with E-state index in [0.29, 0.717) is 6.42 Å². The summed E-state index contributed by atoms with van der Waals surface area (Å²) in [6.45, 7) is 0. The van der Waals surface area contributed by atoms with Gasteiger partial charge < -0.3 is 0 Å². The number of hydrogen-bond acceptors (Lipinski definition) is 4. The van der Waals surface area contributed by atoms with Crippen molar-refractivity contribution in [1.82, 2.24) is 25.0 Å². The van der Waals surface area contributed by atoms with Crippen molar-refractivity contribution in [2.24, 2.45) is 0 Å². The molecule has 1 saturated carbocycles. The molecule has 5 nitrogen and oxygen atoms in total. The van der Waals surface area contributed by atoms with Gasteiger partial charge >= 0.3 is 0 Å². The maximum atomic E-state index is 5.22. The molecule has 0 saturated heterocycles. The number of fused-ring (bicyclic) bond motifs is 6. The lowest BCUT2D eigenvalue weighted by atomic mass is 9.62. The molecule has 0 radical (unpaired) electrons. The van der Waals surface area contributed by atoms with Crippen molar-refractivity contribution in [3.63, 3.8) is 0 Å². The van der Waals surface area contributed by atoms with E-state index in [9.17, 15) is 0 Å². The van der Waals surface area contributed by atoms with Gasteiger partial charge in [0.05, 0.1) is 5.69 Å². The number of aromatic nitrogens is 5. The van der Waals surface area contributed by atoms with Gasteiger partial charge in [0.25, 0.3) is 0 Å². The highest BCUT2D eigenvalue weighted by atomic mass is 15.5. The predicted octanol–water partition coefficient (Wildman–Crippen LogP) is 4.54. The lowest BCUT2D eigenvalue weighted by molar-refractivity contribution is 0.288. The molecule has 1 fully saturated rings. The number of nitrogens with zero attached hydrogens (tertiary/aromatic N) is 5. The molecule has 5 heteroatoms. The molecule has 0 N–H and O–H groups in total. The van der Waals surface area contributed by atoms with Crippen molar-refractivity contribution in [2.45, 2.75) is 50.4 Å². The maximum Gasteiger partial charge on any atom is 0.187 e. The minimum Gasteiger partial charge on any atom is -0.232 e. The molecule has 6 rings (SSSR count). The van der Waals surface area contributed by atoms with E-state index >= 15 is 0 Å². The molecule has 0 bridgehead atoms. The molecular weight excluding hydrogens is 358 g/mol. The topological polar surface area (TPSA) is 56.0 Å². The molecule has 0 aliphatic heterocycles. The summed E-state index contributed by atoms with van der Waals surface area (Å²) in [7, 11) is 0. The Morgan fingerprint density at radius 1 is 0.897 bits per heavy atom. The third kappa shape index (κ3) is 2.60. The normalized spacial score (nSPS) is 17.2. The van der Waals surface area contributed by atoms with Crippen LogP contribution in [-0.2, 0) is 18.3 Å². The molecule has 0 amide bonds. The summed E-state index contributed by atoms with van der Waals surface area (Å²) in [6.07, 6.45) is 8.01. The second-order valence-corrected chi connectivity index (χ2v) is 8.50. The van der Waals surface area contributed by atoms with E-state index in [2.05, 4.69) is 64.1 Å². The first-order valence-corrected chi connectivity index (χ1v) is 10.6. The SMILES string of the molecule is c1ccc(Cc2nc3c(c4nnnn24)C2(CCCCC2)Cc2ccccc2-3)cc1. The Balaban J connectivity index is 1.62. The van der Waals surface area contributed by atoms with Gasteiger partial charge in [-0.25, -0.2) is 4.98 Å². The van der Waals surface area contributed by atoms with Crippen molar-refractivity contribution < 1.29 is 0 Å². The molecule has 2 heterocycles. The minimum absolute atomic E-state index is 0.107. The van der Waals surface area contributed by atoms with Gasteiger partial charge in [-0.1, -0.05) is 73.9 Å². The summed E-state index contributed by atoms with van der Waals surface area (Å²) in [5.41, 5.74) is 7.26. The highest BCUT2D eigenvalue weighted by Gasteiger charge is 2.43. The number of tetrazole rings is 1. The van der Waals surface area contributed by atoms with E-state index in [1.54, 1.807) is 0 Å². The average Bonchev–Trinajstić information content (AvgIpc) is 3.25. The second kappa shape index (κ2) is 6.48. The Bertz CT molecular complexity index is 1190. The summed E-state index contributed by atoms with van der Waals surface area (Å²) in [4.78, 5) is 5.22. The molecule has 2 aliphatic rings. The first-order chi connectivity index (χ1) is 14.3. The van der Waals surface area contributed by atoms with Crippen LogP contribution in [0.4, 0.5) is 0 Å². The summed E-state index contributed by atoms with van der Waals surface area (Å²) < 4.78 is 1.89. The Hall–Kier alpha value is -3.08. The van der Waals surface area contributed by atoms with Crippen LogP contribution in [0.25, 0.3) is 16.9 Å². The molecule has 2 aromatic carbocycles. The maximum absolute atomic E-state index is 5.22. The van der Waals surface area contributed by atoms with E-state index in [1.165, 1.54) is 54.4 Å². The van der Waals surface area contributed by atoms with Gasteiger partial charge in [-0.15, -0.1) is 5.10 Å². The van der Waals surface area contributed by atoms with Crippen LogP contribution < -0.4 is 0 Å². The van der Waals surface area contributed by atoms with Gasteiger partial charge in [-0.3, -0.25) is 0 Å². The van der Waals surface area contributed by atoms with E-state index in [4.69, 9.17) is 4.98 Å². The molecule has 0 atom stereocenters. The Kier molecular flexibility index (Phi) is 3.76. The van der Waals surface area contributed by atoms with Crippen LogP contribution in [0.1, 0.15) is 54.6 Å². The van der Waals surface area contributed by atoms with Crippen LogP contribution in [0, 0.1) is 0 Å². The summed E-state index contributed by atoms with van der Waals surface area (Å²) in [5, 5.41) is 12.9. The Labute approximate surface area is 169 Å². The second-order valence-electron chi connectivity index (χ2n) is 8.50. The van der Waals surface area contributed by atoms with Crippen LogP contribution in [0.15, 0.2) is 54.6 Å². The third-order valence-electron chi connectivity index (χ3n) is 6.76. The van der Waals surface area contributed by atoms with E-state index in [0.717, 1.165) is 23.6 Å². The Morgan fingerprint density at radius 3 is 2.55 bits per heavy atom. The van der Waals surface area contributed by atoms with Crippen molar-refractivity contribution >= 4 is 5.65 Å². The van der Waals surface area contributed by atoms with Crippen LogP contribution >= 0.6 is 0 Å². The van der Waals surface area contributed by atoms with Crippen molar-refractivity contribution in [1.29, 1.82) is 0 Å². The highest BCUT2D eigenvalue weighted by molar-refractivity contribution is 5.77.